The van der Waals surface area contributed by atoms with Crippen LogP contribution in [0.5, 0.6) is 0 Å². The zero-order valence-electron chi connectivity index (χ0n) is 51.4. The van der Waals surface area contributed by atoms with Crippen molar-refractivity contribution in [1.82, 2.24) is 0 Å². The first-order chi connectivity index (χ1) is 38.4. The quantitative estimate of drug-likeness (QED) is 0.0222. The highest BCUT2D eigenvalue weighted by atomic mass is 31.2. The van der Waals surface area contributed by atoms with E-state index in [1.54, 1.807) is 0 Å². The summed E-state index contributed by atoms with van der Waals surface area (Å²) in [7, 11) is -9.88. The van der Waals surface area contributed by atoms with E-state index < -0.39 is 97.5 Å². The number of carbonyl (C=O) groups is 4. The van der Waals surface area contributed by atoms with Gasteiger partial charge in [0.25, 0.3) is 0 Å². The summed E-state index contributed by atoms with van der Waals surface area (Å²) in [5.74, 6) is -0.667. The van der Waals surface area contributed by atoms with Crippen LogP contribution in [0.25, 0.3) is 0 Å². The molecule has 0 aliphatic carbocycles. The molecule has 0 aliphatic heterocycles. The SMILES string of the molecule is CCCCCCCCCCCC(=O)OC[C@H](COP(=O)(O)OC[C@H](O)COP(=O)(O)OC[C@@H](COC(=O)CCCCCCCCCC(C)C)OC(=O)CCCCCCCCCCC(C)CC)OC(=O)CCCCCCCCCCC. The van der Waals surface area contributed by atoms with Crippen LogP contribution in [0.15, 0.2) is 0 Å². The number of phosphoric ester groups is 2. The molecule has 0 fully saturated rings. The smallest absolute Gasteiger partial charge is 0.462 e. The average molecular weight is 1190 g/mol. The second-order valence-electron chi connectivity index (χ2n) is 22.8. The molecule has 3 N–H and O–H groups in total. The van der Waals surface area contributed by atoms with E-state index in [9.17, 15) is 43.2 Å². The molecule has 80 heavy (non-hydrogen) atoms. The first-order valence-corrected chi connectivity index (χ1v) is 35.0. The summed E-state index contributed by atoms with van der Waals surface area (Å²) in [6.07, 6.45) is 34.8. The molecule has 0 heterocycles. The van der Waals surface area contributed by atoms with Crippen LogP contribution in [0.4, 0.5) is 0 Å². The van der Waals surface area contributed by atoms with Crippen LogP contribution in [0, 0.1) is 11.8 Å². The average Bonchev–Trinajstić information content (AvgIpc) is 3.42. The maximum absolute atomic E-state index is 12.9. The van der Waals surface area contributed by atoms with Crippen LogP contribution in [-0.2, 0) is 65.4 Å². The minimum absolute atomic E-state index is 0.104. The molecule has 0 aromatic rings. The van der Waals surface area contributed by atoms with Crippen LogP contribution in [-0.4, -0.2) is 96.7 Å². The lowest BCUT2D eigenvalue weighted by molar-refractivity contribution is -0.161. The number of aliphatic hydroxyl groups excluding tert-OH is 1. The number of phosphoric acid groups is 2. The Bertz CT molecular complexity index is 1580. The highest BCUT2D eigenvalue weighted by Gasteiger charge is 2.30. The maximum Gasteiger partial charge on any atom is 0.472 e. The van der Waals surface area contributed by atoms with E-state index >= 15 is 0 Å². The van der Waals surface area contributed by atoms with Crippen molar-refractivity contribution in [2.24, 2.45) is 11.8 Å². The molecule has 17 nitrogen and oxygen atoms in total. The van der Waals surface area contributed by atoms with Crippen molar-refractivity contribution in [1.29, 1.82) is 0 Å². The highest BCUT2D eigenvalue weighted by molar-refractivity contribution is 7.47. The Morgan fingerprint density at radius 3 is 0.950 bits per heavy atom. The third-order valence-electron chi connectivity index (χ3n) is 14.3. The number of hydrogen-bond acceptors (Lipinski definition) is 15. The van der Waals surface area contributed by atoms with Gasteiger partial charge in [0.1, 0.15) is 19.3 Å². The monoisotopic (exact) mass is 1180 g/mol. The standard InChI is InChI=1S/C61H118O17P2/c1-7-10-12-14-16-18-25-31-37-43-58(63)71-49-56(77-60(65)45-39-33-26-19-17-15-13-11-8-2)51-75-79(67,68)73-47-55(62)48-74-80(69,70)76-52-57(50-72-59(64)44-38-32-28-22-23-29-35-41-53(4)5)78-61(66)46-40-34-27-21-20-24-30-36-42-54(6)9-3/h53-57,62H,7-52H2,1-6H3,(H,67,68)(H,69,70)/t54?,55-,56+,57+/m0/s1. The summed E-state index contributed by atoms with van der Waals surface area (Å²) in [6.45, 7) is 9.38. The van der Waals surface area contributed by atoms with Gasteiger partial charge < -0.3 is 33.8 Å². The molecule has 0 radical (unpaired) electrons. The molecule has 0 aromatic carbocycles. The Morgan fingerprint density at radius 2 is 0.637 bits per heavy atom. The third kappa shape index (κ3) is 54.0. The summed E-state index contributed by atoms with van der Waals surface area (Å²) in [4.78, 5) is 72.0. The van der Waals surface area contributed by atoms with Gasteiger partial charge in [-0.25, -0.2) is 9.13 Å². The number of unbranched alkanes of at least 4 members (excludes halogenated alkanes) is 29. The van der Waals surface area contributed by atoms with Crippen molar-refractivity contribution in [2.75, 3.05) is 39.6 Å². The fraction of sp³-hybridized carbons (Fsp3) is 0.934. The highest BCUT2D eigenvalue weighted by Crippen LogP contribution is 2.45. The molecule has 0 spiro atoms. The number of hydrogen-bond donors (Lipinski definition) is 3. The summed E-state index contributed by atoms with van der Waals surface area (Å²) < 4.78 is 67.8. The van der Waals surface area contributed by atoms with Crippen LogP contribution in [0.1, 0.15) is 298 Å². The lowest BCUT2D eigenvalue weighted by Crippen LogP contribution is -2.30. The molecule has 3 unspecified atom stereocenters. The Hall–Kier alpha value is -1.94. The fourth-order valence-electron chi connectivity index (χ4n) is 8.97. The van der Waals surface area contributed by atoms with Crippen molar-refractivity contribution >= 4 is 39.5 Å². The maximum atomic E-state index is 12.9. The van der Waals surface area contributed by atoms with Crippen LogP contribution in [0.2, 0.25) is 0 Å². The Labute approximate surface area is 486 Å². The molecule has 0 saturated carbocycles. The van der Waals surface area contributed by atoms with Crippen molar-refractivity contribution < 1.29 is 80.2 Å². The van der Waals surface area contributed by atoms with Gasteiger partial charge in [-0.05, 0) is 37.5 Å². The summed E-state index contributed by atoms with van der Waals surface area (Å²) in [5.41, 5.74) is 0. The zero-order chi connectivity index (χ0) is 59.4. The summed E-state index contributed by atoms with van der Waals surface area (Å²) >= 11 is 0. The topological polar surface area (TPSA) is 237 Å². The number of rotatable bonds is 60. The van der Waals surface area contributed by atoms with E-state index in [1.807, 2.05) is 0 Å². The molecule has 6 atom stereocenters. The van der Waals surface area contributed by atoms with E-state index in [2.05, 4.69) is 41.5 Å². The summed E-state index contributed by atoms with van der Waals surface area (Å²) in [5, 5.41) is 10.5. The largest absolute Gasteiger partial charge is 0.472 e. The molecule has 0 saturated heterocycles. The molecule has 474 valence electrons. The van der Waals surface area contributed by atoms with Gasteiger partial charge in [0.05, 0.1) is 26.4 Å². The van der Waals surface area contributed by atoms with E-state index in [-0.39, 0.29) is 25.7 Å². The normalized spacial score (nSPS) is 14.7. The van der Waals surface area contributed by atoms with E-state index in [4.69, 9.17) is 37.0 Å². The van der Waals surface area contributed by atoms with Gasteiger partial charge in [0.15, 0.2) is 12.2 Å². The minimum atomic E-state index is -4.94. The summed E-state index contributed by atoms with van der Waals surface area (Å²) in [6, 6.07) is 0. The first-order valence-electron chi connectivity index (χ1n) is 32.0. The lowest BCUT2D eigenvalue weighted by Gasteiger charge is -2.21. The first kappa shape index (κ1) is 78.1. The number of aliphatic hydroxyl groups is 1. The van der Waals surface area contributed by atoms with Crippen LogP contribution in [0.3, 0.4) is 0 Å². The molecule has 0 rings (SSSR count). The van der Waals surface area contributed by atoms with Crippen molar-refractivity contribution in [3.8, 4) is 0 Å². The van der Waals surface area contributed by atoms with Crippen LogP contribution < -0.4 is 0 Å². The van der Waals surface area contributed by atoms with Gasteiger partial charge in [0, 0.05) is 25.7 Å². The zero-order valence-corrected chi connectivity index (χ0v) is 53.2. The van der Waals surface area contributed by atoms with Gasteiger partial charge in [-0.1, -0.05) is 247 Å². The van der Waals surface area contributed by atoms with Crippen molar-refractivity contribution in [3.05, 3.63) is 0 Å². The van der Waals surface area contributed by atoms with Gasteiger partial charge >= 0.3 is 39.5 Å². The number of ether oxygens (including phenoxy) is 4. The van der Waals surface area contributed by atoms with Gasteiger partial charge in [0.2, 0.25) is 0 Å². The third-order valence-corrected chi connectivity index (χ3v) is 16.2. The molecule has 0 aromatic heterocycles. The van der Waals surface area contributed by atoms with Crippen molar-refractivity contribution in [2.45, 2.75) is 317 Å². The number of esters is 4. The Kier molecular flexibility index (Phi) is 52.5. The van der Waals surface area contributed by atoms with E-state index in [1.165, 1.54) is 109 Å². The Morgan fingerprint density at radius 1 is 0.362 bits per heavy atom. The molecule has 0 amide bonds. The molecule has 0 aliphatic rings. The second-order valence-corrected chi connectivity index (χ2v) is 25.7. The van der Waals surface area contributed by atoms with Crippen LogP contribution >= 0.6 is 15.6 Å². The van der Waals surface area contributed by atoms with E-state index in [0.717, 1.165) is 102 Å². The molecular weight excluding hydrogens is 1070 g/mol. The van der Waals surface area contributed by atoms with Gasteiger partial charge in [-0.2, -0.15) is 0 Å². The van der Waals surface area contributed by atoms with E-state index in [0.29, 0.717) is 31.6 Å². The predicted molar refractivity (Wildman–Crippen MR) is 317 cm³/mol. The molecule has 0 bridgehead atoms. The molecular formula is C61H118O17P2. The molecule has 19 heteroatoms. The second kappa shape index (κ2) is 53.8. The minimum Gasteiger partial charge on any atom is -0.462 e. The van der Waals surface area contributed by atoms with Gasteiger partial charge in [-0.3, -0.25) is 37.3 Å². The number of carbonyl (C=O) groups excluding carboxylic acids is 4. The predicted octanol–water partition coefficient (Wildman–Crippen LogP) is 16.5. The fourth-order valence-corrected chi connectivity index (χ4v) is 10.5. The lowest BCUT2D eigenvalue weighted by atomic mass is 9.99. The Balaban J connectivity index is 5.24. The van der Waals surface area contributed by atoms with Crippen molar-refractivity contribution in [3.63, 3.8) is 0 Å². The van der Waals surface area contributed by atoms with Gasteiger partial charge in [-0.15, -0.1) is 0 Å².